The molecule has 3 heteroatoms. The third kappa shape index (κ3) is 1.05. The summed E-state index contributed by atoms with van der Waals surface area (Å²) in [4.78, 5) is 0. The van der Waals surface area contributed by atoms with E-state index in [-0.39, 0.29) is 0 Å². The minimum absolute atomic E-state index is 0.603. The van der Waals surface area contributed by atoms with Gasteiger partial charge in [0.25, 0.3) is 0 Å². The maximum Gasteiger partial charge on any atom is 0.0551 e. The minimum atomic E-state index is 0.603. The van der Waals surface area contributed by atoms with Crippen LogP contribution >= 0.6 is 0 Å². The van der Waals surface area contributed by atoms with E-state index in [1.54, 1.807) is 0 Å². The van der Waals surface area contributed by atoms with Crippen molar-refractivity contribution in [1.82, 2.24) is 15.1 Å². The maximum absolute atomic E-state index is 4.21. The molecule has 0 radical (unpaired) electrons. The molecule has 0 bridgehead atoms. The van der Waals surface area contributed by atoms with E-state index in [0.29, 0.717) is 6.04 Å². The fourth-order valence-corrected chi connectivity index (χ4v) is 1.58. The average molecular weight is 151 g/mol. The van der Waals surface area contributed by atoms with E-state index in [1.165, 1.54) is 11.3 Å². The molecule has 0 spiro atoms. The Balaban J connectivity index is 2.36. The van der Waals surface area contributed by atoms with Crippen molar-refractivity contribution in [2.24, 2.45) is 7.05 Å². The van der Waals surface area contributed by atoms with Crippen LogP contribution < -0.4 is 5.32 Å². The van der Waals surface area contributed by atoms with Crippen molar-refractivity contribution in [2.45, 2.75) is 25.9 Å². The molecule has 1 N–H and O–H groups in total. The lowest BCUT2D eigenvalue weighted by atomic mass is 10.0. The summed E-state index contributed by atoms with van der Waals surface area (Å²) in [6.07, 6.45) is 3.09. The molecular formula is C8H13N3. The third-order valence-corrected chi connectivity index (χ3v) is 2.29. The number of rotatable bonds is 0. The lowest BCUT2D eigenvalue weighted by Crippen LogP contribution is -2.33. The number of hydrogen-bond acceptors (Lipinski definition) is 2. The van der Waals surface area contributed by atoms with E-state index in [0.717, 1.165) is 13.0 Å². The van der Waals surface area contributed by atoms with Gasteiger partial charge in [0.1, 0.15) is 0 Å². The second-order valence-corrected chi connectivity index (χ2v) is 3.23. The first kappa shape index (κ1) is 6.85. The van der Waals surface area contributed by atoms with E-state index < -0.39 is 0 Å². The number of nitrogens with zero attached hydrogens (tertiary/aromatic N) is 2. The van der Waals surface area contributed by atoms with Crippen molar-refractivity contribution >= 4 is 0 Å². The second-order valence-electron chi connectivity index (χ2n) is 3.23. The van der Waals surface area contributed by atoms with Crippen LogP contribution in [0.4, 0.5) is 0 Å². The Hall–Kier alpha value is -0.830. The van der Waals surface area contributed by atoms with Gasteiger partial charge in [0.05, 0.1) is 11.9 Å². The van der Waals surface area contributed by atoms with Crippen molar-refractivity contribution in [3.8, 4) is 0 Å². The molecular weight excluding hydrogens is 138 g/mol. The molecule has 3 nitrogen and oxygen atoms in total. The molecule has 11 heavy (non-hydrogen) atoms. The highest BCUT2D eigenvalue weighted by Crippen LogP contribution is 2.14. The molecule has 0 saturated heterocycles. The highest BCUT2D eigenvalue weighted by Gasteiger charge is 2.16. The minimum Gasteiger partial charge on any atom is -0.308 e. The summed E-state index contributed by atoms with van der Waals surface area (Å²) >= 11 is 0. The molecule has 0 saturated carbocycles. The monoisotopic (exact) mass is 151 g/mol. The number of aryl methyl sites for hydroxylation is 1. The Morgan fingerprint density at radius 1 is 1.73 bits per heavy atom. The number of aromatic nitrogens is 2. The summed E-state index contributed by atoms with van der Waals surface area (Å²) in [5, 5.41) is 7.61. The third-order valence-electron chi connectivity index (χ3n) is 2.29. The summed E-state index contributed by atoms with van der Waals surface area (Å²) in [5.74, 6) is 0. The summed E-state index contributed by atoms with van der Waals surface area (Å²) in [5.41, 5.74) is 2.74. The largest absolute Gasteiger partial charge is 0.308 e. The van der Waals surface area contributed by atoms with Gasteiger partial charge in [-0.1, -0.05) is 0 Å². The molecule has 0 amide bonds. The molecule has 2 rings (SSSR count). The normalized spacial score (nSPS) is 23.3. The Kier molecular flexibility index (Phi) is 1.46. The van der Waals surface area contributed by atoms with E-state index >= 15 is 0 Å². The Morgan fingerprint density at radius 2 is 2.55 bits per heavy atom. The van der Waals surface area contributed by atoms with Crippen molar-refractivity contribution in [3.05, 3.63) is 17.5 Å². The topological polar surface area (TPSA) is 29.9 Å². The molecule has 2 heterocycles. The van der Waals surface area contributed by atoms with Crippen LogP contribution in [0.2, 0.25) is 0 Å². The van der Waals surface area contributed by atoms with Crippen LogP contribution in [-0.4, -0.2) is 15.8 Å². The SMILES string of the molecule is C[C@@H]1Cc2cnn(C)c2CN1. The van der Waals surface area contributed by atoms with Crippen LogP contribution in [0.15, 0.2) is 6.20 Å². The lowest BCUT2D eigenvalue weighted by molar-refractivity contribution is 0.494. The summed E-state index contributed by atoms with van der Waals surface area (Å²) < 4.78 is 1.95. The molecule has 1 aromatic heterocycles. The average Bonchev–Trinajstić information content (AvgIpc) is 2.32. The van der Waals surface area contributed by atoms with Gasteiger partial charge in [0.15, 0.2) is 0 Å². The highest BCUT2D eigenvalue weighted by molar-refractivity contribution is 5.21. The standard InChI is InChI=1S/C8H13N3/c1-6-3-7-4-10-11(2)8(7)5-9-6/h4,6,9H,3,5H2,1-2H3/t6-/m1/s1. The van der Waals surface area contributed by atoms with Crippen molar-refractivity contribution in [1.29, 1.82) is 0 Å². The van der Waals surface area contributed by atoms with Crippen LogP contribution in [0.5, 0.6) is 0 Å². The smallest absolute Gasteiger partial charge is 0.0551 e. The quantitative estimate of drug-likeness (QED) is 0.583. The van der Waals surface area contributed by atoms with Crippen molar-refractivity contribution in [2.75, 3.05) is 0 Å². The van der Waals surface area contributed by atoms with Gasteiger partial charge in [-0.15, -0.1) is 0 Å². The molecule has 1 atom stereocenters. The van der Waals surface area contributed by atoms with Crippen molar-refractivity contribution in [3.63, 3.8) is 0 Å². The van der Waals surface area contributed by atoms with Crippen molar-refractivity contribution < 1.29 is 0 Å². The second kappa shape index (κ2) is 2.34. The first-order chi connectivity index (χ1) is 5.27. The molecule has 0 aliphatic carbocycles. The van der Waals surface area contributed by atoms with E-state index in [1.807, 2.05) is 17.9 Å². The van der Waals surface area contributed by atoms with Crippen LogP contribution in [-0.2, 0) is 20.0 Å². The van der Waals surface area contributed by atoms with Gasteiger partial charge in [-0.25, -0.2) is 0 Å². The molecule has 0 fully saturated rings. The zero-order valence-corrected chi connectivity index (χ0v) is 6.96. The summed E-state index contributed by atoms with van der Waals surface area (Å²) in [6, 6.07) is 0.603. The molecule has 1 aliphatic heterocycles. The summed E-state index contributed by atoms with van der Waals surface area (Å²) in [6.45, 7) is 3.17. The van der Waals surface area contributed by atoms with E-state index in [9.17, 15) is 0 Å². The predicted molar refractivity (Wildman–Crippen MR) is 43.2 cm³/mol. The predicted octanol–water partition coefficient (Wildman–Crippen LogP) is 0.454. The van der Waals surface area contributed by atoms with Crippen LogP contribution in [0.1, 0.15) is 18.2 Å². The van der Waals surface area contributed by atoms with Gasteiger partial charge in [-0.3, -0.25) is 4.68 Å². The van der Waals surface area contributed by atoms with Crippen LogP contribution in [0.25, 0.3) is 0 Å². The number of nitrogens with one attached hydrogen (secondary N) is 1. The zero-order chi connectivity index (χ0) is 7.84. The van der Waals surface area contributed by atoms with Gasteiger partial charge in [0.2, 0.25) is 0 Å². The highest BCUT2D eigenvalue weighted by atomic mass is 15.3. The molecule has 1 aromatic rings. The van der Waals surface area contributed by atoms with Gasteiger partial charge in [-0.2, -0.15) is 5.10 Å². The first-order valence-corrected chi connectivity index (χ1v) is 4.00. The number of hydrogen-bond donors (Lipinski definition) is 1. The zero-order valence-electron chi connectivity index (χ0n) is 6.96. The molecule has 1 aliphatic rings. The summed E-state index contributed by atoms with van der Waals surface area (Å²) in [7, 11) is 2.00. The molecule has 60 valence electrons. The van der Waals surface area contributed by atoms with Gasteiger partial charge >= 0.3 is 0 Å². The fourth-order valence-electron chi connectivity index (χ4n) is 1.58. The van der Waals surface area contributed by atoms with Crippen LogP contribution in [0.3, 0.4) is 0 Å². The Bertz CT molecular complexity index is 264. The van der Waals surface area contributed by atoms with Gasteiger partial charge in [-0.05, 0) is 18.9 Å². The molecule has 0 aromatic carbocycles. The van der Waals surface area contributed by atoms with E-state index in [2.05, 4.69) is 17.3 Å². The fraction of sp³-hybridized carbons (Fsp3) is 0.625. The van der Waals surface area contributed by atoms with Crippen LogP contribution in [0, 0.1) is 0 Å². The van der Waals surface area contributed by atoms with Gasteiger partial charge < -0.3 is 5.32 Å². The Morgan fingerprint density at radius 3 is 3.36 bits per heavy atom. The molecule has 0 unspecified atom stereocenters. The first-order valence-electron chi connectivity index (χ1n) is 4.00. The lowest BCUT2D eigenvalue weighted by Gasteiger charge is -2.20. The van der Waals surface area contributed by atoms with Gasteiger partial charge in [0, 0.05) is 19.6 Å². The maximum atomic E-state index is 4.21. The number of fused-ring (bicyclic) bond motifs is 1. The van der Waals surface area contributed by atoms with E-state index in [4.69, 9.17) is 0 Å². The Labute approximate surface area is 66.4 Å².